The van der Waals surface area contributed by atoms with E-state index in [1.807, 2.05) is 0 Å². The number of rotatable bonds is 5. The van der Waals surface area contributed by atoms with Crippen LogP contribution in [0.15, 0.2) is 29.2 Å². The summed E-state index contributed by atoms with van der Waals surface area (Å²) in [6.45, 7) is 1.32. The van der Waals surface area contributed by atoms with Gasteiger partial charge in [-0.05, 0) is 6.07 Å². The fourth-order valence-corrected chi connectivity index (χ4v) is 3.93. The quantitative estimate of drug-likeness (QED) is 0.643. The zero-order valence-electron chi connectivity index (χ0n) is 15.8. The fourth-order valence-electron chi connectivity index (χ4n) is 2.92. The van der Waals surface area contributed by atoms with Crippen molar-refractivity contribution in [2.24, 2.45) is 0 Å². The molecule has 1 aliphatic heterocycles. The fraction of sp³-hybridized carbons (Fsp3) is 0.278. The number of carbonyl (C=O) groups is 1. The van der Waals surface area contributed by atoms with E-state index in [-0.39, 0.29) is 17.5 Å². The van der Waals surface area contributed by atoms with Crippen LogP contribution in [-0.4, -0.2) is 46.6 Å². The van der Waals surface area contributed by atoms with E-state index in [1.165, 1.54) is 36.8 Å². The van der Waals surface area contributed by atoms with Crippen molar-refractivity contribution in [2.75, 3.05) is 31.0 Å². The Morgan fingerprint density at radius 3 is 2.83 bits per heavy atom. The molecule has 150 valence electrons. The average Bonchev–Trinajstić information content (AvgIpc) is 3.15. The summed E-state index contributed by atoms with van der Waals surface area (Å²) in [4.78, 5) is 42.1. The Hall–Kier alpha value is -3.47. The predicted octanol–water partition coefficient (Wildman–Crippen LogP) is 1.45. The lowest BCUT2D eigenvalue weighted by Crippen LogP contribution is -2.30. The number of anilines is 2. The van der Waals surface area contributed by atoms with E-state index in [2.05, 4.69) is 30.2 Å². The average molecular weight is 414 g/mol. The number of ether oxygens (including phenoxy) is 2. The molecule has 0 saturated carbocycles. The number of pyridine rings is 1. The highest BCUT2D eigenvalue weighted by Gasteiger charge is 2.23. The van der Waals surface area contributed by atoms with Crippen molar-refractivity contribution in [3.63, 3.8) is 0 Å². The number of aromatic amines is 1. The van der Waals surface area contributed by atoms with Crippen molar-refractivity contribution < 1.29 is 14.3 Å². The summed E-state index contributed by atoms with van der Waals surface area (Å²) in [5, 5.41) is 3.31. The molecule has 3 aromatic heterocycles. The first-order valence-electron chi connectivity index (χ1n) is 8.76. The summed E-state index contributed by atoms with van der Waals surface area (Å²) in [5.41, 5.74) is 1.06. The molecule has 10 nitrogen and oxygen atoms in total. The molecular formula is C18H18N6O4S. The van der Waals surface area contributed by atoms with Gasteiger partial charge in [0.25, 0.3) is 5.91 Å². The normalized spacial score (nSPS) is 13.0. The summed E-state index contributed by atoms with van der Waals surface area (Å²) < 4.78 is 10.4. The second-order valence-corrected chi connectivity index (χ2v) is 7.29. The lowest BCUT2D eigenvalue weighted by atomic mass is 10.2. The second kappa shape index (κ2) is 7.87. The van der Waals surface area contributed by atoms with Gasteiger partial charge in [-0.2, -0.15) is 9.97 Å². The minimum Gasteiger partial charge on any atom is -0.481 e. The van der Waals surface area contributed by atoms with Crippen molar-refractivity contribution in [1.29, 1.82) is 0 Å². The van der Waals surface area contributed by atoms with Crippen LogP contribution >= 0.6 is 11.3 Å². The van der Waals surface area contributed by atoms with E-state index >= 15 is 0 Å². The molecule has 4 heterocycles. The molecule has 0 unspecified atom stereocenters. The predicted molar refractivity (Wildman–Crippen MR) is 107 cm³/mol. The van der Waals surface area contributed by atoms with Gasteiger partial charge >= 0.3 is 6.01 Å². The number of aromatic nitrogens is 4. The monoisotopic (exact) mass is 414 g/mol. The lowest BCUT2D eigenvalue weighted by Gasteiger charge is -2.27. The number of thiazole rings is 1. The molecule has 0 saturated heterocycles. The number of fused-ring (bicyclic) bond motifs is 1. The van der Waals surface area contributed by atoms with Crippen LogP contribution in [0.5, 0.6) is 11.9 Å². The number of carbonyl (C=O) groups excluding carboxylic acids is 1. The molecule has 0 bridgehead atoms. The van der Waals surface area contributed by atoms with Crippen LogP contribution in [0.1, 0.15) is 20.9 Å². The van der Waals surface area contributed by atoms with Gasteiger partial charge in [0.05, 0.1) is 32.0 Å². The Morgan fingerprint density at radius 1 is 1.24 bits per heavy atom. The molecular weight excluding hydrogens is 396 g/mol. The highest BCUT2D eigenvalue weighted by atomic mass is 32.1. The highest BCUT2D eigenvalue weighted by Crippen LogP contribution is 2.31. The first-order valence-corrected chi connectivity index (χ1v) is 9.58. The number of hydrogen-bond donors (Lipinski definition) is 2. The molecule has 1 amide bonds. The standard InChI is InChI=1S/C18H18N6O4S/c1-27-15-7-13(21-17(22-15)28-2)24-6-5-11-12(9-24)29-18(20-11)23-16(26)10-3-4-14(25)19-8-10/h3-4,7-8H,5-6,9H2,1-2H3,(H,19,25)(H,20,23,26). The van der Waals surface area contributed by atoms with E-state index in [0.717, 1.165) is 17.0 Å². The van der Waals surface area contributed by atoms with Gasteiger partial charge in [-0.1, -0.05) is 11.3 Å². The first-order chi connectivity index (χ1) is 14.1. The summed E-state index contributed by atoms with van der Waals surface area (Å²) in [6.07, 6.45) is 2.10. The Labute approximate surface area is 169 Å². The maximum absolute atomic E-state index is 12.3. The molecule has 0 atom stereocenters. The third kappa shape index (κ3) is 4.04. The second-order valence-electron chi connectivity index (χ2n) is 6.21. The Morgan fingerprint density at radius 2 is 2.10 bits per heavy atom. The summed E-state index contributed by atoms with van der Waals surface area (Å²) >= 11 is 1.42. The van der Waals surface area contributed by atoms with Crippen LogP contribution in [0.4, 0.5) is 10.9 Å². The molecule has 4 rings (SSSR count). The Bertz CT molecular complexity index is 1070. The molecule has 0 aliphatic carbocycles. The van der Waals surface area contributed by atoms with E-state index in [9.17, 15) is 9.59 Å². The lowest BCUT2D eigenvalue weighted by molar-refractivity contribution is 0.102. The molecule has 0 aromatic carbocycles. The Kier molecular flexibility index (Phi) is 5.12. The SMILES string of the molecule is COc1cc(N2CCc3nc(NC(=O)c4ccc(=O)[nH]c4)sc3C2)nc(OC)n1. The van der Waals surface area contributed by atoms with Crippen molar-refractivity contribution >= 4 is 28.2 Å². The molecule has 29 heavy (non-hydrogen) atoms. The van der Waals surface area contributed by atoms with E-state index in [4.69, 9.17) is 9.47 Å². The van der Waals surface area contributed by atoms with Crippen LogP contribution < -0.4 is 25.2 Å². The van der Waals surface area contributed by atoms with Crippen LogP contribution in [0.25, 0.3) is 0 Å². The Balaban J connectivity index is 1.51. The van der Waals surface area contributed by atoms with Gasteiger partial charge in [0.1, 0.15) is 5.82 Å². The molecule has 0 fully saturated rings. The van der Waals surface area contributed by atoms with Crippen molar-refractivity contribution in [3.05, 3.63) is 50.9 Å². The highest BCUT2D eigenvalue weighted by molar-refractivity contribution is 7.15. The van der Waals surface area contributed by atoms with E-state index in [0.29, 0.717) is 35.5 Å². The van der Waals surface area contributed by atoms with Gasteiger partial charge in [0.2, 0.25) is 11.4 Å². The van der Waals surface area contributed by atoms with Gasteiger partial charge in [0.15, 0.2) is 5.13 Å². The number of methoxy groups -OCH3 is 2. The third-order valence-electron chi connectivity index (χ3n) is 4.38. The number of hydrogen-bond acceptors (Lipinski definition) is 9. The maximum Gasteiger partial charge on any atom is 0.321 e. The number of nitrogens with one attached hydrogen (secondary N) is 2. The minimum atomic E-state index is -0.325. The van der Waals surface area contributed by atoms with Crippen molar-refractivity contribution in [2.45, 2.75) is 13.0 Å². The third-order valence-corrected chi connectivity index (χ3v) is 5.38. The molecule has 2 N–H and O–H groups in total. The largest absolute Gasteiger partial charge is 0.481 e. The molecule has 0 spiro atoms. The zero-order chi connectivity index (χ0) is 20.4. The summed E-state index contributed by atoms with van der Waals surface area (Å²) in [5.74, 6) is 0.803. The van der Waals surface area contributed by atoms with Crippen LogP contribution in [0.2, 0.25) is 0 Å². The smallest absolute Gasteiger partial charge is 0.321 e. The van der Waals surface area contributed by atoms with Crippen molar-refractivity contribution in [1.82, 2.24) is 19.9 Å². The number of amides is 1. The zero-order valence-corrected chi connectivity index (χ0v) is 16.6. The number of nitrogens with zero attached hydrogens (tertiary/aromatic N) is 4. The van der Waals surface area contributed by atoms with Gasteiger partial charge < -0.3 is 19.4 Å². The van der Waals surface area contributed by atoms with Gasteiger partial charge in [0, 0.05) is 36.2 Å². The maximum atomic E-state index is 12.3. The van der Waals surface area contributed by atoms with Crippen LogP contribution in [0.3, 0.4) is 0 Å². The van der Waals surface area contributed by atoms with Gasteiger partial charge in [-0.25, -0.2) is 4.98 Å². The van der Waals surface area contributed by atoms with Crippen LogP contribution in [0, 0.1) is 0 Å². The van der Waals surface area contributed by atoms with E-state index in [1.54, 1.807) is 13.2 Å². The first kappa shape index (κ1) is 18.9. The summed E-state index contributed by atoms with van der Waals surface area (Å²) in [7, 11) is 3.05. The van der Waals surface area contributed by atoms with Crippen LogP contribution in [-0.2, 0) is 13.0 Å². The summed E-state index contributed by atoms with van der Waals surface area (Å²) in [6, 6.07) is 4.78. The van der Waals surface area contributed by atoms with E-state index < -0.39 is 0 Å². The molecule has 0 radical (unpaired) electrons. The molecule has 1 aliphatic rings. The molecule has 11 heteroatoms. The van der Waals surface area contributed by atoms with Gasteiger partial charge in [-0.3, -0.25) is 14.9 Å². The minimum absolute atomic E-state index is 0.239. The number of H-pyrrole nitrogens is 1. The van der Waals surface area contributed by atoms with Gasteiger partial charge in [-0.15, -0.1) is 0 Å². The topological polar surface area (TPSA) is 122 Å². The van der Waals surface area contributed by atoms with Crippen molar-refractivity contribution in [3.8, 4) is 11.9 Å². The molecule has 3 aromatic rings.